The van der Waals surface area contributed by atoms with Gasteiger partial charge in [0.1, 0.15) is 0 Å². The largest absolute Gasteiger partial charge is 0.309 e. The summed E-state index contributed by atoms with van der Waals surface area (Å²) in [5, 5.41) is 5.58. The molecule has 0 amide bonds. The molecule has 0 saturated carbocycles. The lowest BCUT2D eigenvalue weighted by atomic mass is 9.97. The number of thiophene rings is 1. The van der Waals surface area contributed by atoms with E-state index in [4.69, 9.17) is 0 Å². The van der Waals surface area contributed by atoms with Gasteiger partial charge in [0.15, 0.2) is 0 Å². The zero-order valence-electron chi connectivity index (χ0n) is 10.9. The Morgan fingerprint density at radius 3 is 2.11 bits per heavy atom. The van der Waals surface area contributed by atoms with Gasteiger partial charge in [0, 0.05) is 0 Å². The van der Waals surface area contributed by atoms with E-state index in [9.17, 15) is 0 Å². The van der Waals surface area contributed by atoms with E-state index in [1.807, 2.05) is 7.05 Å². The summed E-state index contributed by atoms with van der Waals surface area (Å²) >= 11 is 5.25. The first-order valence-corrected chi connectivity index (χ1v) is 7.80. The SMILES string of the molecule is CNC(c1ccc(C(C)C)cc1)c1csc(Br)c1. The fourth-order valence-corrected chi connectivity index (χ4v) is 3.28. The Labute approximate surface area is 121 Å². The van der Waals surface area contributed by atoms with E-state index in [1.165, 1.54) is 20.5 Å². The fourth-order valence-electron chi connectivity index (χ4n) is 2.07. The lowest BCUT2D eigenvalue weighted by molar-refractivity contribution is 0.693. The second-order valence-corrected chi connectivity index (χ2v) is 7.02. The zero-order valence-corrected chi connectivity index (χ0v) is 13.3. The summed E-state index contributed by atoms with van der Waals surface area (Å²) in [5.41, 5.74) is 4.01. The minimum Gasteiger partial charge on any atom is -0.309 e. The Bertz CT molecular complexity index is 501. The first kappa shape index (κ1) is 13.8. The molecule has 0 spiro atoms. The molecule has 0 aliphatic heterocycles. The molecule has 96 valence electrons. The molecule has 2 rings (SSSR count). The fraction of sp³-hybridized carbons (Fsp3) is 0.333. The summed E-state index contributed by atoms with van der Waals surface area (Å²) < 4.78 is 1.18. The van der Waals surface area contributed by atoms with Gasteiger partial charge >= 0.3 is 0 Å². The Morgan fingerprint density at radius 1 is 1.06 bits per heavy atom. The molecule has 0 aliphatic carbocycles. The summed E-state index contributed by atoms with van der Waals surface area (Å²) in [7, 11) is 2.01. The van der Waals surface area contributed by atoms with Crippen LogP contribution in [0.4, 0.5) is 0 Å². The van der Waals surface area contributed by atoms with Gasteiger partial charge in [-0.2, -0.15) is 0 Å². The first-order chi connectivity index (χ1) is 8.61. The van der Waals surface area contributed by atoms with Crippen LogP contribution in [-0.2, 0) is 0 Å². The van der Waals surface area contributed by atoms with Crippen LogP contribution in [0.25, 0.3) is 0 Å². The molecule has 1 atom stereocenters. The van der Waals surface area contributed by atoms with Crippen molar-refractivity contribution in [1.82, 2.24) is 5.32 Å². The highest BCUT2D eigenvalue weighted by atomic mass is 79.9. The van der Waals surface area contributed by atoms with Crippen molar-refractivity contribution < 1.29 is 0 Å². The molecule has 0 saturated heterocycles. The van der Waals surface area contributed by atoms with Crippen LogP contribution in [0, 0.1) is 0 Å². The molecule has 0 aliphatic rings. The van der Waals surface area contributed by atoms with Crippen LogP contribution in [0.1, 0.15) is 42.5 Å². The van der Waals surface area contributed by atoms with Gasteiger partial charge in [-0.15, -0.1) is 11.3 Å². The van der Waals surface area contributed by atoms with Crippen LogP contribution in [-0.4, -0.2) is 7.05 Å². The predicted molar refractivity (Wildman–Crippen MR) is 83.5 cm³/mol. The molecule has 18 heavy (non-hydrogen) atoms. The average molecular weight is 324 g/mol. The molecule has 0 fully saturated rings. The summed E-state index contributed by atoms with van der Waals surface area (Å²) in [4.78, 5) is 0. The van der Waals surface area contributed by atoms with E-state index in [0.29, 0.717) is 5.92 Å². The number of hydrogen-bond acceptors (Lipinski definition) is 2. The van der Waals surface area contributed by atoms with Crippen molar-refractivity contribution in [3.8, 4) is 0 Å². The van der Waals surface area contributed by atoms with Crippen molar-refractivity contribution in [3.63, 3.8) is 0 Å². The van der Waals surface area contributed by atoms with E-state index in [-0.39, 0.29) is 6.04 Å². The van der Waals surface area contributed by atoms with Gasteiger partial charge in [0.25, 0.3) is 0 Å². The van der Waals surface area contributed by atoms with Gasteiger partial charge < -0.3 is 5.32 Å². The molecule has 2 aromatic rings. The maximum Gasteiger partial charge on any atom is 0.0701 e. The molecule has 0 radical (unpaired) electrons. The molecule has 0 bridgehead atoms. The normalized spacial score (nSPS) is 12.9. The third-order valence-electron chi connectivity index (χ3n) is 3.15. The second kappa shape index (κ2) is 6.00. The summed E-state index contributed by atoms with van der Waals surface area (Å²) in [6.07, 6.45) is 0. The van der Waals surface area contributed by atoms with Crippen molar-refractivity contribution in [1.29, 1.82) is 0 Å². The number of rotatable bonds is 4. The number of halogens is 1. The van der Waals surface area contributed by atoms with Gasteiger partial charge in [-0.1, -0.05) is 38.1 Å². The molecule has 1 N–H and O–H groups in total. The van der Waals surface area contributed by atoms with Crippen LogP contribution in [0.3, 0.4) is 0 Å². The smallest absolute Gasteiger partial charge is 0.0701 e. The third-order valence-corrected chi connectivity index (χ3v) is 4.67. The average Bonchev–Trinajstić information content (AvgIpc) is 2.77. The quantitative estimate of drug-likeness (QED) is 0.840. The molecule has 1 aromatic carbocycles. The molecule has 3 heteroatoms. The van der Waals surface area contributed by atoms with E-state index in [2.05, 4.69) is 70.8 Å². The van der Waals surface area contributed by atoms with E-state index in [0.717, 1.165) is 0 Å². The van der Waals surface area contributed by atoms with Crippen LogP contribution in [0.5, 0.6) is 0 Å². The van der Waals surface area contributed by atoms with Crippen LogP contribution in [0.2, 0.25) is 0 Å². The van der Waals surface area contributed by atoms with E-state index >= 15 is 0 Å². The van der Waals surface area contributed by atoms with Gasteiger partial charge in [-0.3, -0.25) is 0 Å². The topological polar surface area (TPSA) is 12.0 Å². The van der Waals surface area contributed by atoms with Crippen molar-refractivity contribution in [2.45, 2.75) is 25.8 Å². The highest BCUT2D eigenvalue weighted by Gasteiger charge is 2.13. The first-order valence-electron chi connectivity index (χ1n) is 6.13. The van der Waals surface area contributed by atoms with Crippen molar-refractivity contribution in [3.05, 3.63) is 56.2 Å². The van der Waals surface area contributed by atoms with Gasteiger partial charge in [0.05, 0.1) is 9.83 Å². The standard InChI is InChI=1S/C15H18BrNS/c1-10(2)11-4-6-12(7-5-11)15(17-3)13-8-14(16)18-9-13/h4-10,15,17H,1-3H3. The maximum atomic E-state index is 3.52. The second-order valence-electron chi connectivity index (χ2n) is 4.73. The van der Waals surface area contributed by atoms with Gasteiger partial charge in [-0.05, 0) is 57.0 Å². The summed E-state index contributed by atoms with van der Waals surface area (Å²) in [5.74, 6) is 0.586. The third kappa shape index (κ3) is 3.02. The number of benzene rings is 1. The molecule has 1 unspecified atom stereocenters. The molecular formula is C15H18BrNS. The Balaban J connectivity index is 2.28. The van der Waals surface area contributed by atoms with E-state index < -0.39 is 0 Å². The molecular weight excluding hydrogens is 306 g/mol. The highest BCUT2D eigenvalue weighted by molar-refractivity contribution is 9.11. The predicted octanol–water partition coefficient (Wildman–Crippen LogP) is 4.94. The van der Waals surface area contributed by atoms with Crippen molar-refractivity contribution >= 4 is 27.3 Å². The minimum absolute atomic E-state index is 0.272. The van der Waals surface area contributed by atoms with Gasteiger partial charge in [0.2, 0.25) is 0 Å². The molecule has 1 aromatic heterocycles. The lowest BCUT2D eigenvalue weighted by Crippen LogP contribution is -2.16. The van der Waals surface area contributed by atoms with Crippen LogP contribution >= 0.6 is 27.3 Å². The van der Waals surface area contributed by atoms with Crippen LogP contribution in [0.15, 0.2) is 39.5 Å². The zero-order chi connectivity index (χ0) is 13.1. The van der Waals surface area contributed by atoms with Gasteiger partial charge in [-0.25, -0.2) is 0 Å². The minimum atomic E-state index is 0.272. The highest BCUT2D eigenvalue weighted by Crippen LogP contribution is 2.29. The summed E-state index contributed by atoms with van der Waals surface area (Å²) in [6, 6.07) is 11.4. The maximum absolute atomic E-state index is 3.52. The summed E-state index contributed by atoms with van der Waals surface area (Å²) in [6.45, 7) is 4.45. The molecule has 1 nitrogen and oxygen atoms in total. The Hall–Kier alpha value is -0.640. The van der Waals surface area contributed by atoms with Crippen molar-refractivity contribution in [2.24, 2.45) is 0 Å². The Kier molecular flexibility index (Phi) is 4.60. The Morgan fingerprint density at radius 2 is 1.67 bits per heavy atom. The number of nitrogens with one attached hydrogen (secondary N) is 1. The van der Waals surface area contributed by atoms with Crippen LogP contribution < -0.4 is 5.32 Å². The molecule has 1 heterocycles. The lowest BCUT2D eigenvalue weighted by Gasteiger charge is -2.16. The number of hydrogen-bond donors (Lipinski definition) is 1. The van der Waals surface area contributed by atoms with Crippen molar-refractivity contribution in [2.75, 3.05) is 7.05 Å². The van der Waals surface area contributed by atoms with E-state index in [1.54, 1.807) is 11.3 Å². The monoisotopic (exact) mass is 323 g/mol.